The SMILES string of the molecule is O=C1C2ON(c3ccccc3)C(c3cccnc3)C2C(=O)N1c1ccc(F)cc1. The van der Waals surface area contributed by atoms with Crippen molar-refractivity contribution in [1.82, 2.24) is 4.98 Å². The summed E-state index contributed by atoms with van der Waals surface area (Å²) in [4.78, 5) is 37.7. The molecule has 7 heteroatoms. The Morgan fingerprint density at radius 2 is 1.62 bits per heavy atom. The quantitative estimate of drug-likeness (QED) is 0.644. The molecular formula is C22H16FN3O3. The number of hydroxylamine groups is 1. The molecule has 0 aliphatic carbocycles. The zero-order valence-electron chi connectivity index (χ0n) is 15.2. The molecule has 3 unspecified atom stereocenters. The molecule has 0 spiro atoms. The number of aromatic nitrogens is 1. The summed E-state index contributed by atoms with van der Waals surface area (Å²) < 4.78 is 13.3. The summed E-state index contributed by atoms with van der Waals surface area (Å²) in [5.41, 5.74) is 1.84. The molecule has 5 rings (SSSR count). The lowest BCUT2D eigenvalue weighted by atomic mass is 9.91. The fourth-order valence-electron chi connectivity index (χ4n) is 3.95. The highest BCUT2D eigenvalue weighted by molar-refractivity contribution is 6.23. The van der Waals surface area contributed by atoms with Crippen LogP contribution in [-0.4, -0.2) is 22.9 Å². The Hall–Kier alpha value is -3.58. The predicted molar refractivity (Wildman–Crippen MR) is 103 cm³/mol. The number of hydrogen-bond donors (Lipinski definition) is 0. The molecule has 3 atom stereocenters. The van der Waals surface area contributed by atoms with Crippen molar-refractivity contribution in [3.8, 4) is 0 Å². The van der Waals surface area contributed by atoms with Gasteiger partial charge in [0.15, 0.2) is 6.10 Å². The minimum Gasteiger partial charge on any atom is -0.273 e. The third-order valence-corrected chi connectivity index (χ3v) is 5.24. The number of carbonyl (C=O) groups is 2. The van der Waals surface area contributed by atoms with Crippen molar-refractivity contribution >= 4 is 23.2 Å². The summed E-state index contributed by atoms with van der Waals surface area (Å²) in [6.45, 7) is 0. The maximum atomic E-state index is 13.3. The molecule has 3 heterocycles. The molecule has 0 saturated carbocycles. The lowest BCUT2D eigenvalue weighted by molar-refractivity contribution is -0.126. The maximum Gasteiger partial charge on any atom is 0.266 e. The molecule has 2 aromatic carbocycles. The number of anilines is 2. The second-order valence-electron chi connectivity index (χ2n) is 6.93. The molecule has 2 amide bonds. The van der Waals surface area contributed by atoms with Crippen LogP contribution in [0.5, 0.6) is 0 Å². The van der Waals surface area contributed by atoms with E-state index >= 15 is 0 Å². The van der Waals surface area contributed by atoms with Crippen LogP contribution in [0.4, 0.5) is 15.8 Å². The average Bonchev–Trinajstić information content (AvgIpc) is 3.27. The van der Waals surface area contributed by atoms with Crippen LogP contribution in [0.15, 0.2) is 79.1 Å². The standard InChI is InChI=1S/C22H16FN3O3/c23-15-8-10-16(11-9-15)25-21(27)18-19(14-5-4-12-24-13-14)26(29-20(18)22(25)28)17-6-2-1-3-7-17/h1-13,18-20H. The van der Waals surface area contributed by atoms with Crippen molar-refractivity contribution in [2.45, 2.75) is 12.1 Å². The van der Waals surface area contributed by atoms with Gasteiger partial charge in [0, 0.05) is 12.4 Å². The summed E-state index contributed by atoms with van der Waals surface area (Å²) >= 11 is 0. The molecular weight excluding hydrogens is 373 g/mol. The van der Waals surface area contributed by atoms with Crippen molar-refractivity contribution < 1.29 is 18.8 Å². The van der Waals surface area contributed by atoms with Crippen molar-refractivity contribution in [3.05, 3.63) is 90.5 Å². The van der Waals surface area contributed by atoms with Gasteiger partial charge in [0.05, 0.1) is 17.4 Å². The summed E-state index contributed by atoms with van der Waals surface area (Å²) in [5, 5.41) is 1.62. The first-order valence-electron chi connectivity index (χ1n) is 9.19. The first kappa shape index (κ1) is 17.5. The molecule has 0 N–H and O–H groups in total. The minimum absolute atomic E-state index is 0.329. The molecule has 0 bridgehead atoms. The van der Waals surface area contributed by atoms with E-state index in [4.69, 9.17) is 4.84 Å². The Kier molecular flexibility index (Phi) is 4.10. The Morgan fingerprint density at radius 1 is 0.862 bits per heavy atom. The zero-order valence-corrected chi connectivity index (χ0v) is 15.2. The van der Waals surface area contributed by atoms with Gasteiger partial charge in [0.2, 0.25) is 5.91 Å². The normalized spacial score (nSPS) is 23.6. The Labute approximate surface area is 166 Å². The second-order valence-corrected chi connectivity index (χ2v) is 6.93. The molecule has 6 nitrogen and oxygen atoms in total. The van der Waals surface area contributed by atoms with E-state index in [1.54, 1.807) is 23.5 Å². The molecule has 3 aromatic rings. The fourth-order valence-corrected chi connectivity index (χ4v) is 3.95. The number of imide groups is 1. The van der Waals surface area contributed by atoms with Crippen LogP contribution < -0.4 is 9.96 Å². The van der Waals surface area contributed by atoms with E-state index < -0.39 is 29.8 Å². The van der Waals surface area contributed by atoms with E-state index in [2.05, 4.69) is 4.98 Å². The van der Waals surface area contributed by atoms with Gasteiger partial charge in [-0.15, -0.1) is 0 Å². The number of pyridine rings is 1. The van der Waals surface area contributed by atoms with Crippen molar-refractivity contribution in [1.29, 1.82) is 0 Å². The average molecular weight is 389 g/mol. The van der Waals surface area contributed by atoms with Crippen LogP contribution in [0.2, 0.25) is 0 Å². The Balaban J connectivity index is 1.58. The highest BCUT2D eigenvalue weighted by Crippen LogP contribution is 2.47. The smallest absolute Gasteiger partial charge is 0.266 e. The first-order valence-corrected chi connectivity index (χ1v) is 9.19. The third kappa shape index (κ3) is 2.78. The number of nitrogens with zero attached hydrogens (tertiary/aromatic N) is 3. The van der Waals surface area contributed by atoms with Crippen LogP contribution in [0, 0.1) is 11.7 Å². The van der Waals surface area contributed by atoms with Gasteiger partial charge in [0.25, 0.3) is 5.91 Å². The van der Waals surface area contributed by atoms with Gasteiger partial charge in [-0.2, -0.15) is 0 Å². The van der Waals surface area contributed by atoms with Gasteiger partial charge in [-0.3, -0.25) is 19.4 Å². The fraction of sp³-hybridized carbons (Fsp3) is 0.136. The molecule has 2 fully saturated rings. The largest absolute Gasteiger partial charge is 0.273 e. The van der Waals surface area contributed by atoms with Crippen LogP contribution >= 0.6 is 0 Å². The van der Waals surface area contributed by atoms with Crippen LogP contribution in [0.1, 0.15) is 11.6 Å². The van der Waals surface area contributed by atoms with Crippen molar-refractivity contribution in [3.63, 3.8) is 0 Å². The molecule has 0 radical (unpaired) electrons. The lowest BCUT2D eigenvalue weighted by Gasteiger charge is -2.28. The molecule has 2 saturated heterocycles. The van der Waals surface area contributed by atoms with Gasteiger partial charge in [-0.05, 0) is 48.0 Å². The van der Waals surface area contributed by atoms with Crippen LogP contribution in [-0.2, 0) is 14.4 Å². The molecule has 29 heavy (non-hydrogen) atoms. The molecule has 2 aliphatic rings. The molecule has 1 aromatic heterocycles. The van der Waals surface area contributed by atoms with E-state index in [0.717, 1.165) is 16.2 Å². The number of carbonyl (C=O) groups excluding carboxylic acids is 2. The van der Waals surface area contributed by atoms with E-state index in [-0.39, 0.29) is 5.91 Å². The van der Waals surface area contributed by atoms with E-state index in [1.165, 1.54) is 24.3 Å². The summed E-state index contributed by atoms with van der Waals surface area (Å²) in [5.74, 6) is -2.01. The number of halogens is 1. The third-order valence-electron chi connectivity index (χ3n) is 5.24. The van der Waals surface area contributed by atoms with Gasteiger partial charge in [-0.1, -0.05) is 24.3 Å². The van der Waals surface area contributed by atoms with Gasteiger partial charge in [-0.25, -0.2) is 14.4 Å². The molecule has 2 aliphatic heterocycles. The lowest BCUT2D eigenvalue weighted by Crippen LogP contribution is -2.37. The highest BCUT2D eigenvalue weighted by atomic mass is 19.1. The van der Waals surface area contributed by atoms with Crippen LogP contribution in [0.3, 0.4) is 0 Å². The van der Waals surface area contributed by atoms with E-state index in [0.29, 0.717) is 5.69 Å². The number of amides is 2. The monoisotopic (exact) mass is 389 g/mol. The van der Waals surface area contributed by atoms with Gasteiger partial charge >= 0.3 is 0 Å². The van der Waals surface area contributed by atoms with E-state index in [1.807, 2.05) is 36.4 Å². The highest BCUT2D eigenvalue weighted by Gasteiger charge is 2.60. The Bertz CT molecular complexity index is 1060. The predicted octanol–water partition coefficient (Wildman–Crippen LogP) is 3.27. The zero-order chi connectivity index (χ0) is 20.0. The number of rotatable bonds is 3. The summed E-state index contributed by atoms with van der Waals surface area (Å²) in [6.07, 6.45) is 2.36. The van der Waals surface area contributed by atoms with Gasteiger partial charge in [0.1, 0.15) is 11.7 Å². The number of benzene rings is 2. The number of fused-ring (bicyclic) bond motifs is 1. The van der Waals surface area contributed by atoms with Crippen molar-refractivity contribution in [2.24, 2.45) is 5.92 Å². The molecule has 144 valence electrons. The second kappa shape index (κ2) is 6.79. The topological polar surface area (TPSA) is 62.7 Å². The summed E-state index contributed by atoms with van der Waals surface area (Å²) in [6, 6.07) is 17.7. The number of hydrogen-bond acceptors (Lipinski definition) is 5. The Morgan fingerprint density at radius 3 is 2.31 bits per heavy atom. The minimum atomic E-state index is -0.960. The first-order chi connectivity index (χ1) is 14.1. The maximum absolute atomic E-state index is 13.3. The van der Waals surface area contributed by atoms with Crippen LogP contribution in [0.25, 0.3) is 0 Å². The van der Waals surface area contributed by atoms with Crippen molar-refractivity contribution in [2.75, 3.05) is 9.96 Å². The summed E-state index contributed by atoms with van der Waals surface area (Å²) in [7, 11) is 0. The van der Waals surface area contributed by atoms with E-state index in [9.17, 15) is 14.0 Å². The van der Waals surface area contributed by atoms with Gasteiger partial charge < -0.3 is 0 Å². The number of para-hydroxylation sites is 1.